The van der Waals surface area contributed by atoms with Gasteiger partial charge in [-0.1, -0.05) is 34.1 Å². The van der Waals surface area contributed by atoms with Crippen LogP contribution in [0.15, 0.2) is 28.7 Å². The molecule has 2 atom stereocenters. The summed E-state index contributed by atoms with van der Waals surface area (Å²) in [5.41, 5.74) is 7.44. The van der Waals surface area contributed by atoms with E-state index in [0.717, 1.165) is 17.6 Å². The topological polar surface area (TPSA) is 47.7 Å². The number of benzene rings is 1. The molecule has 0 bridgehead atoms. The molecule has 20 heavy (non-hydrogen) atoms. The Morgan fingerprint density at radius 2 is 1.70 bits per heavy atom. The fourth-order valence-electron chi connectivity index (χ4n) is 2.33. The van der Waals surface area contributed by atoms with Crippen molar-refractivity contribution >= 4 is 15.9 Å². The third-order valence-corrected chi connectivity index (χ3v) is 4.00. The average molecular weight is 345 g/mol. The van der Waals surface area contributed by atoms with Crippen molar-refractivity contribution < 1.29 is 9.47 Å². The van der Waals surface area contributed by atoms with E-state index in [9.17, 15) is 0 Å². The van der Waals surface area contributed by atoms with Crippen LogP contribution in [0.25, 0.3) is 0 Å². The monoisotopic (exact) mass is 344 g/mol. The van der Waals surface area contributed by atoms with Gasteiger partial charge in [-0.15, -0.1) is 0 Å². The first-order chi connectivity index (χ1) is 9.61. The average Bonchev–Trinajstić information content (AvgIpc) is 2.43. The third-order valence-electron chi connectivity index (χ3n) is 3.28. The highest BCUT2D eigenvalue weighted by Gasteiger charge is 2.25. The molecule has 1 aromatic carbocycles. The van der Waals surface area contributed by atoms with E-state index in [2.05, 4.69) is 33.0 Å². The zero-order valence-electron chi connectivity index (χ0n) is 12.5. The lowest BCUT2D eigenvalue weighted by molar-refractivity contribution is 0.0798. The summed E-state index contributed by atoms with van der Waals surface area (Å²) in [6, 6.07) is 8.37. The van der Waals surface area contributed by atoms with Gasteiger partial charge in [0, 0.05) is 37.8 Å². The van der Waals surface area contributed by atoms with Crippen LogP contribution >= 0.6 is 15.9 Å². The van der Waals surface area contributed by atoms with Gasteiger partial charge in [-0.3, -0.25) is 4.90 Å². The lowest BCUT2D eigenvalue weighted by atomic mass is 9.99. The van der Waals surface area contributed by atoms with Crippen molar-refractivity contribution in [2.24, 2.45) is 5.73 Å². The summed E-state index contributed by atoms with van der Waals surface area (Å²) >= 11 is 3.63. The van der Waals surface area contributed by atoms with Gasteiger partial charge in [0.1, 0.15) is 0 Å². The molecule has 0 saturated carbocycles. The van der Waals surface area contributed by atoms with E-state index in [1.807, 2.05) is 19.1 Å². The van der Waals surface area contributed by atoms with Crippen LogP contribution in [0.1, 0.15) is 18.5 Å². The van der Waals surface area contributed by atoms with Gasteiger partial charge in [0.25, 0.3) is 0 Å². The summed E-state index contributed by atoms with van der Waals surface area (Å²) in [4.78, 5) is 2.32. The van der Waals surface area contributed by atoms with Crippen LogP contribution in [0.2, 0.25) is 0 Å². The molecule has 1 rings (SSSR count). The molecule has 0 amide bonds. The van der Waals surface area contributed by atoms with Crippen LogP contribution in [0.5, 0.6) is 0 Å². The van der Waals surface area contributed by atoms with E-state index in [0.29, 0.717) is 13.2 Å². The molecule has 0 saturated heterocycles. The normalized spacial score (nSPS) is 14.5. The largest absolute Gasteiger partial charge is 0.383 e. The number of rotatable bonds is 9. The van der Waals surface area contributed by atoms with Gasteiger partial charge >= 0.3 is 0 Å². The first kappa shape index (κ1) is 17.6. The highest BCUT2D eigenvalue weighted by molar-refractivity contribution is 9.10. The Morgan fingerprint density at radius 1 is 1.15 bits per heavy atom. The molecule has 4 nitrogen and oxygen atoms in total. The molecule has 0 spiro atoms. The highest BCUT2D eigenvalue weighted by atomic mass is 79.9. The summed E-state index contributed by atoms with van der Waals surface area (Å²) in [6.07, 6.45) is 0. The Kier molecular flexibility index (Phi) is 8.33. The minimum Gasteiger partial charge on any atom is -0.383 e. The molecule has 5 heteroatoms. The molecule has 0 aromatic heterocycles. The zero-order chi connectivity index (χ0) is 15.0. The summed E-state index contributed by atoms with van der Waals surface area (Å²) in [5, 5.41) is 0. The Bertz CT molecular complexity index is 380. The standard InChI is InChI=1S/C15H25BrN2O2/c1-12(17)15(13-6-4-5-7-14(13)16)18(8-10-19-2)9-11-20-3/h4-7,12,15H,8-11,17H2,1-3H3. The lowest BCUT2D eigenvalue weighted by Crippen LogP contribution is -2.42. The van der Waals surface area contributed by atoms with E-state index in [-0.39, 0.29) is 12.1 Å². The fraction of sp³-hybridized carbons (Fsp3) is 0.600. The number of methoxy groups -OCH3 is 2. The Morgan fingerprint density at radius 3 is 2.15 bits per heavy atom. The molecule has 0 heterocycles. The van der Waals surface area contributed by atoms with Gasteiger partial charge in [-0.05, 0) is 18.6 Å². The second kappa shape index (κ2) is 9.47. The van der Waals surface area contributed by atoms with E-state index >= 15 is 0 Å². The molecular weight excluding hydrogens is 320 g/mol. The van der Waals surface area contributed by atoms with Gasteiger partial charge in [0.2, 0.25) is 0 Å². The minimum atomic E-state index is 0.0161. The molecule has 0 aliphatic rings. The number of halogens is 1. The van der Waals surface area contributed by atoms with Crippen molar-refractivity contribution in [2.45, 2.75) is 19.0 Å². The fourth-order valence-corrected chi connectivity index (χ4v) is 2.85. The second-order valence-electron chi connectivity index (χ2n) is 4.85. The number of hydrogen-bond acceptors (Lipinski definition) is 4. The number of hydrogen-bond donors (Lipinski definition) is 1. The summed E-state index contributed by atoms with van der Waals surface area (Å²) in [7, 11) is 3.43. The van der Waals surface area contributed by atoms with E-state index in [1.165, 1.54) is 5.56 Å². The molecule has 114 valence electrons. The van der Waals surface area contributed by atoms with Crippen LogP contribution in [-0.2, 0) is 9.47 Å². The summed E-state index contributed by atoms with van der Waals surface area (Å²) < 4.78 is 11.5. The zero-order valence-corrected chi connectivity index (χ0v) is 14.1. The summed E-state index contributed by atoms with van der Waals surface area (Å²) in [5.74, 6) is 0. The van der Waals surface area contributed by atoms with Crippen LogP contribution in [0.3, 0.4) is 0 Å². The van der Waals surface area contributed by atoms with Gasteiger partial charge in [0.05, 0.1) is 19.3 Å². The smallest absolute Gasteiger partial charge is 0.0589 e. The van der Waals surface area contributed by atoms with Crippen molar-refractivity contribution in [3.63, 3.8) is 0 Å². The molecule has 2 N–H and O–H groups in total. The first-order valence-corrected chi connectivity index (χ1v) is 7.63. The second-order valence-corrected chi connectivity index (χ2v) is 5.70. The first-order valence-electron chi connectivity index (χ1n) is 6.83. The maximum absolute atomic E-state index is 6.24. The maximum atomic E-state index is 6.24. The van der Waals surface area contributed by atoms with E-state index < -0.39 is 0 Å². The maximum Gasteiger partial charge on any atom is 0.0589 e. The molecule has 0 aliphatic heterocycles. The highest BCUT2D eigenvalue weighted by Crippen LogP contribution is 2.29. The molecule has 0 aliphatic carbocycles. The van der Waals surface area contributed by atoms with Crippen LogP contribution in [0.4, 0.5) is 0 Å². The van der Waals surface area contributed by atoms with Crippen molar-refractivity contribution in [1.82, 2.24) is 4.90 Å². The number of ether oxygens (including phenoxy) is 2. The van der Waals surface area contributed by atoms with Crippen molar-refractivity contribution in [3.05, 3.63) is 34.3 Å². The number of nitrogens with two attached hydrogens (primary N) is 1. The molecule has 0 fully saturated rings. The van der Waals surface area contributed by atoms with Crippen LogP contribution in [-0.4, -0.2) is 51.5 Å². The van der Waals surface area contributed by atoms with E-state index in [1.54, 1.807) is 14.2 Å². The molecule has 2 unspecified atom stereocenters. The van der Waals surface area contributed by atoms with Crippen molar-refractivity contribution in [1.29, 1.82) is 0 Å². The Hall–Kier alpha value is -0.460. The molecule has 0 radical (unpaired) electrons. The minimum absolute atomic E-state index is 0.0161. The van der Waals surface area contributed by atoms with Crippen LogP contribution < -0.4 is 5.73 Å². The van der Waals surface area contributed by atoms with Gasteiger partial charge in [-0.25, -0.2) is 0 Å². The van der Waals surface area contributed by atoms with Crippen LogP contribution in [0, 0.1) is 0 Å². The quantitative estimate of drug-likeness (QED) is 0.747. The predicted molar refractivity (Wildman–Crippen MR) is 85.9 cm³/mol. The summed E-state index contributed by atoms with van der Waals surface area (Å²) in [6.45, 7) is 5.05. The Balaban J connectivity index is 2.97. The van der Waals surface area contributed by atoms with Gasteiger partial charge in [0.15, 0.2) is 0 Å². The lowest BCUT2D eigenvalue weighted by Gasteiger charge is -2.35. The SMILES string of the molecule is COCCN(CCOC)C(c1ccccc1Br)C(C)N. The Labute approximate surface area is 130 Å². The van der Waals surface area contributed by atoms with E-state index in [4.69, 9.17) is 15.2 Å². The third kappa shape index (κ3) is 5.14. The van der Waals surface area contributed by atoms with Gasteiger partial charge < -0.3 is 15.2 Å². The van der Waals surface area contributed by atoms with Gasteiger partial charge in [-0.2, -0.15) is 0 Å². The predicted octanol–water partition coefficient (Wildman–Crippen LogP) is 2.43. The van der Waals surface area contributed by atoms with Crippen molar-refractivity contribution in [2.75, 3.05) is 40.5 Å². The van der Waals surface area contributed by atoms with Crippen molar-refractivity contribution in [3.8, 4) is 0 Å². The molecular formula is C15H25BrN2O2. The number of nitrogens with zero attached hydrogens (tertiary/aromatic N) is 1. The molecule has 1 aromatic rings.